The van der Waals surface area contributed by atoms with E-state index in [9.17, 15) is 43.2 Å². The highest BCUT2D eigenvalue weighted by Gasteiger charge is 2.30. The molecule has 0 bridgehead atoms. The number of rotatable bonds is 73. The molecule has 0 heterocycles. The number of esters is 4. The van der Waals surface area contributed by atoms with Crippen LogP contribution in [0.5, 0.6) is 0 Å². The molecule has 0 radical (unpaired) electrons. The first kappa shape index (κ1) is 91.1. The SMILES string of the molecule is CCCCCCCCCCCCCCCCCCCC(=O)O[C@H](COC(=O)CCCCCCCCCCCCCCC(C)C)COP(=O)(O)OC[C@@H](O)COP(=O)(O)OC[C@@H](COC(=O)CCCCCCCCC)OC(=O)CCCCCCCCCCCCC(C)CC. The van der Waals surface area contributed by atoms with Gasteiger partial charge in [0.1, 0.15) is 19.3 Å². The van der Waals surface area contributed by atoms with Crippen LogP contribution in [0.4, 0.5) is 0 Å². The number of carbonyl (C=O) groups excluding carboxylic acids is 4. The summed E-state index contributed by atoms with van der Waals surface area (Å²) in [6.07, 6.45) is 52.7. The summed E-state index contributed by atoms with van der Waals surface area (Å²) < 4.78 is 68.4. The molecule has 0 fully saturated rings. The van der Waals surface area contributed by atoms with Crippen LogP contribution in [0.3, 0.4) is 0 Å². The van der Waals surface area contributed by atoms with Crippen LogP contribution in [0.1, 0.15) is 382 Å². The number of phosphoric ester groups is 2. The predicted octanol–water partition coefficient (Wildman–Crippen LogP) is 21.6. The maximum absolute atomic E-state index is 13.1. The summed E-state index contributed by atoms with van der Waals surface area (Å²) in [6.45, 7) is 9.58. The smallest absolute Gasteiger partial charge is 0.462 e. The Kier molecular flexibility index (Phi) is 64.6. The van der Waals surface area contributed by atoms with Crippen molar-refractivity contribution >= 4 is 39.5 Å². The third-order valence-electron chi connectivity index (χ3n) is 17.6. The number of unbranched alkanes of at least 4 members (excludes halogenated alkanes) is 42. The summed E-state index contributed by atoms with van der Waals surface area (Å²) >= 11 is 0. The lowest BCUT2D eigenvalue weighted by Crippen LogP contribution is -2.30. The molecule has 0 aromatic carbocycles. The van der Waals surface area contributed by atoms with Crippen LogP contribution in [0.25, 0.3) is 0 Å². The van der Waals surface area contributed by atoms with Gasteiger partial charge in [0.05, 0.1) is 26.4 Å². The molecular weight excluding hydrogens is 1220 g/mol. The van der Waals surface area contributed by atoms with E-state index in [1.165, 1.54) is 186 Å². The molecule has 19 heteroatoms. The third-order valence-corrected chi connectivity index (χ3v) is 19.5. The normalized spacial score (nSPS) is 14.3. The minimum atomic E-state index is -4.95. The fourth-order valence-corrected chi connectivity index (χ4v) is 12.8. The predicted molar refractivity (Wildman–Crippen MR) is 377 cm³/mol. The zero-order chi connectivity index (χ0) is 68.6. The van der Waals surface area contributed by atoms with Crippen LogP contribution in [0, 0.1) is 11.8 Å². The van der Waals surface area contributed by atoms with Gasteiger partial charge in [0.2, 0.25) is 0 Å². The quantitative estimate of drug-likeness (QED) is 0.0222. The van der Waals surface area contributed by atoms with Gasteiger partial charge in [0.15, 0.2) is 12.2 Å². The molecule has 0 spiro atoms. The Morgan fingerprint density at radius 3 is 0.817 bits per heavy atom. The Hall–Kier alpha value is -1.94. The highest BCUT2D eigenvalue weighted by molar-refractivity contribution is 7.47. The number of aliphatic hydroxyl groups excluding tert-OH is 1. The van der Waals surface area contributed by atoms with E-state index in [1.54, 1.807) is 0 Å². The summed E-state index contributed by atoms with van der Waals surface area (Å²) in [5, 5.41) is 10.6. The molecule has 3 N–H and O–H groups in total. The van der Waals surface area contributed by atoms with E-state index >= 15 is 0 Å². The largest absolute Gasteiger partial charge is 0.472 e. The van der Waals surface area contributed by atoms with E-state index in [-0.39, 0.29) is 25.7 Å². The van der Waals surface area contributed by atoms with Gasteiger partial charge >= 0.3 is 39.5 Å². The first-order chi connectivity index (χ1) is 44.9. The number of ether oxygens (including phenoxy) is 4. The fraction of sp³-hybridized carbons (Fsp3) is 0.946. The first-order valence-corrected chi connectivity index (χ1v) is 41.5. The van der Waals surface area contributed by atoms with E-state index in [0.29, 0.717) is 25.7 Å². The molecule has 0 saturated carbocycles. The Labute approximate surface area is 568 Å². The van der Waals surface area contributed by atoms with Crippen molar-refractivity contribution in [3.63, 3.8) is 0 Å². The fourth-order valence-electron chi connectivity index (χ4n) is 11.3. The molecule has 17 nitrogen and oxygen atoms in total. The summed E-state index contributed by atoms with van der Waals surface area (Å²) in [4.78, 5) is 72.6. The van der Waals surface area contributed by atoms with Crippen LogP contribution in [-0.2, 0) is 65.4 Å². The summed E-state index contributed by atoms with van der Waals surface area (Å²) in [7, 11) is -9.90. The molecule has 0 rings (SSSR count). The van der Waals surface area contributed by atoms with Crippen LogP contribution >= 0.6 is 15.6 Å². The second-order valence-electron chi connectivity index (χ2n) is 27.4. The lowest BCUT2D eigenvalue weighted by molar-refractivity contribution is -0.161. The maximum atomic E-state index is 13.1. The first-order valence-electron chi connectivity index (χ1n) is 38.5. The van der Waals surface area contributed by atoms with Gasteiger partial charge in [-0.25, -0.2) is 9.13 Å². The number of aliphatic hydroxyl groups is 1. The molecule has 6 atom stereocenters. The average molecular weight is 1370 g/mol. The van der Waals surface area contributed by atoms with Gasteiger partial charge < -0.3 is 33.8 Å². The third kappa shape index (κ3) is 67.0. The number of phosphoric acid groups is 2. The minimum Gasteiger partial charge on any atom is -0.462 e. The molecule has 0 aromatic rings. The molecule has 0 amide bonds. The highest BCUT2D eigenvalue weighted by Crippen LogP contribution is 2.45. The molecule has 0 saturated heterocycles. The van der Waals surface area contributed by atoms with Gasteiger partial charge in [-0.1, -0.05) is 330 Å². The zero-order valence-electron chi connectivity index (χ0n) is 60.6. The Morgan fingerprint density at radius 1 is 0.312 bits per heavy atom. The number of carbonyl (C=O) groups is 4. The van der Waals surface area contributed by atoms with E-state index < -0.39 is 97.5 Å². The van der Waals surface area contributed by atoms with E-state index in [0.717, 1.165) is 115 Å². The van der Waals surface area contributed by atoms with Gasteiger partial charge in [-0.05, 0) is 37.5 Å². The Morgan fingerprint density at radius 2 is 0.548 bits per heavy atom. The van der Waals surface area contributed by atoms with E-state index in [2.05, 4.69) is 41.5 Å². The molecule has 0 aliphatic rings. The Balaban J connectivity index is 5.21. The average Bonchev–Trinajstić information content (AvgIpc) is 2.08. The minimum absolute atomic E-state index is 0.106. The maximum Gasteiger partial charge on any atom is 0.472 e. The van der Waals surface area contributed by atoms with E-state index in [4.69, 9.17) is 37.0 Å². The monoisotopic (exact) mass is 1370 g/mol. The lowest BCUT2D eigenvalue weighted by atomic mass is 9.99. The van der Waals surface area contributed by atoms with Crippen LogP contribution < -0.4 is 0 Å². The molecule has 3 unspecified atom stereocenters. The topological polar surface area (TPSA) is 237 Å². The standard InChI is InChI=1S/C74H144O17P2/c1-7-10-12-14-16-17-18-19-20-21-22-23-28-34-40-46-52-58-73(78)91-70(63-85-72(77)57-51-45-39-33-27-25-24-26-31-37-42-48-54-66(4)5)65-89-93(82,83)87-61-68(75)60-86-92(80,81)88-64-69(62-84-71(76)56-50-44-36-15-13-11-8-2)90-74(79)59-53-47-41-35-30-29-32-38-43-49-55-67(6)9-3/h66-70,75H,7-65H2,1-6H3,(H,80,81)(H,82,83)/t67?,68-,69+,70+/m0/s1. The van der Waals surface area contributed by atoms with Crippen molar-refractivity contribution in [3.8, 4) is 0 Å². The molecule has 0 aliphatic heterocycles. The highest BCUT2D eigenvalue weighted by atomic mass is 31.2. The summed E-state index contributed by atoms with van der Waals surface area (Å²) in [6, 6.07) is 0. The van der Waals surface area contributed by atoms with Crippen molar-refractivity contribution in [1.29, 1.82) is 0 Å². The van der Waals surface area contributed by atoms with Crippen molar-refractivity contribution in [2.45, 2.75) is 400 Å². The Bertz CT molecular complexity index is 1810. The summed E-state index contributed by atoms with van der Waals surface area (Å²) in [5.74, 6) is -0.537. The molecule has 0 aliphatic carbocycles. The van der Waals surface area contributed by atoms with Gasteiger partial charge in [0, 0.05) is 25.7 Å². The van der Waals surface area contributed by atoms with Gasteiger partial charge in [-0.15, -0.1) is 0 Å². The van der Waals surface area contributed by atoms with Gasteiger partial charge in [-0.3, -0.25) is 37.3 Å². The second-order valence-corrected chi connectivity index (χ2v) is 30.3. The van der Waals surface area contributed by atoms with Gasteiger partial charge in [0.25, 0.3) is 0 Å². The molecule has 0 aromatic heterocycles. The molecular formula is C74H144O17P2. The number of hydrogen-bond donors (Lipinski definition) is 3. The van der Waals surface area contributed by atoms with Crippen LogP contribution in [-0.4, -0.2) is 96.7 Å². The summed E-state index contributed by atoms with van der Waals surface area (Å²) in [5.41, 5.74) is 0. The van der Waals surface area contributed by atoms with Crippen molar-refractivity contribution in [2.75, 3.05) is 39.6 Å². The van der Waals surface area contributed by atoms with E-state index in [1.807, 2.05) is 0 Å². The zero-order valence-corrected chi connectivity index (χ0v) is 62.3. The molecule has 552 valence electrons. The van der Waals surface area contributed by atoms with Crippen molar-refractivity contribution < 1.29 is 80.2 Å². The number of hydrogen-bond acceptors (Lipinski definition) is 15. The van der Waals surface area contributed by atoms with Crippen molar-refractivity contribution in [1.82, 2.24) is 0 Å². The van der Waals surface area contributed by atoms with Crippen molar-refractivity contribution in [3.05, 3.63) is 0 Å². The van der Waals surface area contributed by atoms with Crippen molar-refractivity contribution in [2.24, 2.45) is 11.8 Å². The lowest BCUT2D eigenvalue weighted by Gasteiger charge is -2.21. The van der Waals surface area contributed by atoms with Crippen LogP contribution in [0.15, 0.2) is 0 Å². The van der Waals surface area contributed by atoms with Gasteiger partial charge in [-0.2, -0.15) is 0 Å². The van der Waals surface area contributed by atoms with Crippen LogP contribution in [0.2, 0.25) is 0 Å². The molecule has 93 heavy (non-hydrogen) atoms. The second kappa shape index (κ2) is 66.0.